The van der Waals surface area contributed by atoms with Crippen LogP contribution in [0.25, 0.3) is 0 Å². The van der Waals surface area contributed by atoms with Crippen LogP contribution < -0.4 is 4.72 Å². The molecule has 1 aliphatic rings. The Morgan fingerprint density at radius 3 is 2.48 bits per heavy atom. The van der Waals surface area contributed by atoms with E-state index in [0.717, 1.165) is 29.5 Å². The molecule has 2 N–H and O–H groups in total. The summed E-state index contributed by atoms with van der Waals surface area (Å²) in [7, 11) is -3.57. The first kappa shape index (κ1) is 19.9. The van der Waals surface area contributed by atoms with Gasteiger partial charge in [-0.1, -0.05) is 36.7 Å². The number of carboxylic acid groups (broad SMARTS) is 1. The standard InChI is InChI=1S/C20H22ClNO4S/c1-2-19(20(23)24)15-4-3-14-9-13(10-16(14)11-15)12-22-27(25,26)18-7-5-17(21)6-8-18/h3-8,11,13,19,22H,2,9-10,12H2,1H3,(H,23,24). The van der Waals surface area contributed by atoms with E-state index in [1.54, 1.807) is 12.1 Å². The van der Waals surface area contributed by atoms with E-state index >= 15 is 0 Å². The molecule has 0 saturated heterocycles. The number of fused-ring (bicyclic) bond motifs is 1. The molecule has 0 aliphatic heterocycles. The molecule has 2 unspecified atom stereocenters. The minimum atomic E-state index is -3.57. The number of carboxylic acids is 1. The van der Waals surface area contributed by atoms with Crippen molar-refractivity contribution >= 4 is 27.6 Å². The lowest BCUT2D eigenvalue weighted by atomic mass is 9.94. The fourth-order valence-corrected chi connectivity index (χ4v) is 4.81. The maximum Gasteiger partial charge on any atom is 0.310 e. The summed E-state index contributed by atoms with van der Waals surface area (Å²) < 4.78 is 27.5. The monoisotopic (exact) mass is 407 g/mol. The number of carbonyl (C=O) groups is 1. The quantitative estimate of drug-likeness (QED) is 0.734. The number of sulfonamides is 1. The van der Waals surface area contributed by atoms with Crippen LogP contribution in [-0.4, -0.2) is 26.0 Å². The van der Waals surface area contributed by atoms with Crippen molar-refractivity contribution < 1.29 is 18.3 Å². The maximum atomic E-state index is 12.4. The van der Waals surface area contributed by atoms with Gasteiger partial charge in [-0.15, -0.1) is 0 Å². The van der Waals surface area contributed by atoms with Crippen molar-refractivity contribution in [3.63, 3.8) is 0 Å². The number of aliphatic carboxylic acids is 1. The highest BCUT2D eigenvalue weighted by molar-refractivity contribution is 7.89. The Morgan fingerprint density at radius 2 is 1.85 bits per heavy atom. The van der Waals surface area contributed by atoms with E-state index < -0.39 is 21.9 Å². The van der Waals surface area contributed by atoms with Crippen LogP contribution in [0.3, 0.4) is 0 Å². The number of halogens is 1. The molecule has 0 bridgehead atoms. The second kappa shape index (κ2) is 8.00. The van der Waals surface area contributed by atoms with Crippen molar-refractivity contribution in [1.29, 1.82) is 0 Å². The van der Waals surface area contributed by atoms with E-state index in [9.17, 15) is 18.3 Å². The van der Waals surface area contributed by atoms with Crippen molar-refractivity contribution in [3.8, 4) is 0 Å². The molecular weight excluding hydrogens is 386 g/mol. The first-order chi connectivity index (χ1) is 12.8. The summed E-state index contributed by atoms with van der Waals surface area (Å²) in [5.41, 5.74) is 3.09. The highest BCUT2D eigenvalue weighted by Crippen LogP contribution is 2.31. The summed E-state index contributed by atoms with van der Waals surface area (Å²) in [6.45, 7) is 2.20. The Kier molecular flexibility index (Phi) is 5.89. The molecular formula is C20H22ClNO4S. The molecule has 7 heteroatoms. The van der Waals surface area contributed by atoms with Crippen LogP contribution in [0.2, 0.25) is 5.02 Å². The molecule has 144 valence electrons. The van der Waals surface area contributed by atoms with Gasteiger partial charge in [0.2, 0.25) is 10.0 Å². The van der Waals surface area contributed by atoms with E-state index in [2.05, 4.69) is 4.72 Å². The first-order valence-electron chi connectivity index (χ1n) is 8.90. The number of hydrogen-bond acceptors (Lipinski definition) is 3. The first-order valence-corrected chi connectivity index (χ1v) is 10.8. The number of hydrogen-bond donors (Lipinski definition) is 2. The van der Waals surface area contributed by atoms with Gasteiger partial charge < -0.3 is 5.11 Å². The number of benzene rings is 2. The van der Waals surface area contributed by atoms with E-state index in [-0.39, 0.29) is 10.8 Å². The van der Waals surface area contributed by atoms with Crippen LogP contribution in [0.5, 0.6) is 0 Å². The Hall–Kier alpha value is -1.89. The topological polar surface area (TPSA) is 83.5 Å². The third-order valence-electron chi connectivity index (χ3n) is 5.04. The molecule has 0 amide bonds. The van der Waals surface area contributed by atoms with Gasteiger partial charge in [-0.05, 0) is 66.1 Å². The molecule has 2 aromatic rings. The van der Waals surface area contributed by atoms with E-state index in [1.165, 1.54) is 12.1 Å². The molecule has 27 heavy (non-hydrogen) atoms. The van der Waals surface area contributed by atoms with Crippen LogP contribution in [0, 0.1) is 5.92 Å². The SMILES string of the molecule is CCC(C(=O)O)c1ccc2c(c1)CC(CNS(=O)(=O)c1ccc(Cl)cc1)C2. The zero-order valence-electron chi connectivity index (χ0n) is 15.0. The van der Waals surface area contributed by atoms with Gasteiger partial charge in [0, 0.05) is 11.6 Å². The smallest absolute Gasteiger partial charge is 0.310 e. The number of nitrogens with one attached hydrogen (secondary N) is 1. The van der Waals surface area contributed by atoms with Crippen molar-refractivity contribution in [2.24, 2.45) is 5.92 Å². The zero-order valence-corrected chi connectivity index (χ0v) is 16.6. The van der Waals surface area contributed by atoms with Gasteiger partial charge in [0.15, 0.2) is 0 Å². The van der Waals surface area contributed by atoms with E-state index in [1.807, 2.05) is 25.1 Å². The van der Waals surface area contributed by atoms with E-state index in [4.69, 9.17) is 11.6 Å². The third-order valence-corrected chi connectivity index (χ3v) is 6.73. The largest absolute Gasteiger partial charge is 0.481 e. The van der Waals surface area contributed by atoms with Gasteiger partial charge in [-0.3, -0.25) is 4.79 Å². The van der Waals surface area contributed by atoms with Gasteiger partial charge in [0.25, 0.3) is 0 Å². The Bertz CT molecular complexity index is 941. The average Bonchev–Trinajstić information content (AvgIpc) is 3.03. The van der Waals surface area contributed by atoms with Crippen molar-refractivity contribution in [3.05, 3.63) is 64.2 Å². The fourth-order valence-electron chi connectivity index (χ4n) is 3.57. The average molecular weight is 408 g/mol. The molecule has 1 aliphatic carbocycles. The van der Waals surface area contributed by atoms with Gasteiger partial charge >= 0.3 is 5.97 Å². The van der Waals surface area contributed by atoms with Crippen LogP contribution >= 0.6 is 11.6 Å². The van der Waals surface area contributed by atoms with Crippen LogP contribution in [0.15, 0.2) is 47.4 Å². The molecule has 0 heterocycles. The molecule has 0 spiro atoms. The predicted molar refractivity (Wildman–Crippen MR) is 105 cm³/mol. The molecule has 0 fully saturated rings. The maximum absolute atomic E-state index is 12.4. The van der Waals surface area contributed by atoms with Crippen molar-refractivity contribution in [2.45, 2.75) is 37.0 Å². The number of rotatable bonds is 7. The van der Waals surface area contributed by atoms with Crippen molar-refractivity contribution in [2.75, 3.05) is 6.54 Å². The molecule has 3 rings (SSSR count). The summed E-state index contributed by atoms with van der Waals surface area (Å²) in [5, 5.41) is 9.83. The second-order valence-corrected chi connectivity index (χ2v) is 9.11. The summed E-state index contributed by atoms with van der Waals surface area (Å²) in [5.74, 6) is -1.16. The highest BCUT2D eigenvalue weighted by atomic mass is 35.5. The molecule has 0 aromatic heterocycles. The van der Waals surface area contributed by atoms with Gasteiger partial charge in [0.05, 0.1) is 10.8 Å². The Labute approximate surface area is 164 Å². The van der Waals surface area contributed by atoms with Crippen molar-refractivity contribution in [1.82, 2.24) is 4.72 Å². The molecule has 5 nitrogen and oxygen atoms in total. The summed E-state index contributed by atoms with van der Waals surface area (Å²) in [6, 6.07) is 11.9. The van der Waals surface area contributed by atoms with Gasteiger partial charge in [0.1, 0.15) is 0 Å². The molecule has 0 saturated carbocycles. The van der Waals surface area contributed by atoms with Crippen LogP contribution in [0.4, 0.5) is 0 Å². The molecule has 2 aromatic carbocycles. The lowest BCUT2D eigenvalue weighted by Gasteiger charge is -2.12. The van der Waals surface area contributed by atoms with Gasteiger partial charge in [-0.2, -0.15) is 0 Å². The third kappa shape index (κ3) is 4.51. The normalized spacial score (nSPS) is 17.5. The van der Waals surface area contributed by atoms with Crippen LogP contribution in [-0.2, 0) is 27.7 Å². The second-order valence-electron chi connectivity index (χ2n) is 6.91. The Balaban J connectivity index is 1.66. The molecule has 0 radical (unpaired) electrons. The van der Waals surface area contributed by atoms with Crippen LogP contribution in [0.1, 0.15) is 36.0 Å². The molecule has 2 atom stereocenters. The Morgan fingerprint density at radius 1 is 1.19 bits per heavy atom. The zero-order chi connectivity index (χ0) is 19.6. The fraction of sp³-hybridized carbons (Fsp3) is 0.350. The summed E-state index contributed by atoms with van der Waals surface area (Å²) in [6.07, 6.45) is 2.06. The summed E-state index contributed by atoms with van der Waals surface area (Å²) in [4.78, 5) is 11.6. The minimum Gasteiger partial charge on any atom is -0.481 e. The lowest BCUT2D eigenvalue weighted by Crippen LogP contribution is -2.29. The minimum absolute atomic E-state index is 0.155. The summed E-state index contributed by atoms with van der Waals surface area (Å²) >= 11 is 5.81. The highest BCUT2D eigenvalue weighted by Gasteiger charge is 2.26. The van der Waals surface area contributed by atoms with Gasteiger partial charge in [-0.25, -0.2) is 13.1 Å². The van der Waals surface area contributed by atoms with E-state index in [0.29, 0.717) is 18.0 Å². The lowest BCUT2D eigenvalue weighted by molar-refractivity contribution is -0.138. The predicted octanol–water partition coefficient (Wildman–Crippen LogP) is 3.61.